The summed E-state index contributed by atoms with van der Waals surface area (Å²) in [6, 6.07) is 72.8. The Morgan fingerprint density at radius 1 is 0.400 bits per heavy atom. The molecule has 8 heterocycles. The highest BCUT2D eigenvalue weighted by Crippen LogP contribution is 2.37. The predicted octanol–water partition coefficient (Wildman–Crippen LogP) is 17.6. The first-order valence-corrected chi connectivity index (χ1v) is 42.4. The van der Waals surface area contributed by atoms with E-state index in [1.165, 1.54) is 35.9 Å². The van der Waals surface area contributed by atoms with Gasteiger partial charge in [0.1, 0.15) is 29.6 Å². The molecule has 0 saturated carbocycles. The topological polar surface area (TPSA) is 240 Å². The van der Waals surface area contributed by atoms with Crippen LogP contribution in [0.15, 0.2) is 280 Å². The van der Waals surface area contributed by atoms with Crippen LogP contribution in [0.2, 0.25) is 0 Å². The van der Waals surface area contributed by atoms with Crippen LogP contribution in [0.1, 0.15) is 79.3 Å². The maximum atomic E-state index is 14.2. The van der Waals surface area contributed by atoms with E-state index in [1.807, 2.05) is 210 Å². The number of amides is 5. The number of rotatable bonds is 21. The number of nitrogens with zero attached hydrogens (tertiary/aromatic N) is 11. The number of benzene rings is 10. The van der Waals surface area contributed by atoms with Crippen LogP contribution in [0.25, 0.3) is 33.9 Å². The number of hydrogen-bond donors (Lipinski definition) is 7. The molecule has 4 fully saturated rings. The lowest BCUT2D eigenvalue weighted by atomic mass is 9.94. The second kappa shape index (κ2) is 43.0. The van der Waals surface area contributed by atoms with Crippen molar-refractivity contribution in [1.29, 1.82) is 0 Å². The first-order valence-electron chi connectivity index (χ1n) is 42.4. The molecule has 8 atom stereocenters. The fourth-order valence-corrected chi connectivity index (χ4v) is 17.0. The number of nitrogens with two attached hydrogens (primary N) is 1. The third-order valence-corrected chi connectivity index (χ3v) is 23.5. The van der Waals surface area contributed by atoms with Gasteiger partial charge in [0.25, 0.3) is 0 Å². The molecule has 0 spiro atoms. The molecule has 4 aromatic heterocycles. The van der Waals surface area contributed by atoms with E-state index in [0.717, 1.165) is 93.7 Å². The molecule has 31 heteroatoms. The average molecular weight is 1790 g/mol. The molecule has 22 nitrogen and oxygen atoms in total. The number of carbonyl (C=O) groups excluding carboxylic acids is 3. The second-order valence-electron chi connectivity index (χ2n) is 32.6. The zero-order valence-electron chi connectivity index (χ0n) is 71.7. The Morgan fingerprint density at radius 2 is 0.738 bits per heavy atom. The Bertz CT molecular complexity index is 6140. The molecule has 0 unspecified atom stereocenters. The lowest BCUT2D eigenvalue weighted by Gasteiger charge is -2.21. The van der Waals surface area contributed by atoms with Gasteiger partial charge in [0.2, 0.25) is 0 Å². The number of urea groups is 2. The minimum Gasteiger partial charge on any atom is -0.445 e. The van der Waals surface area contributed by atoms with Crippen molar-refractivity contribution in [2.24, 2.45) is 19.8 Å². The van der Waals surface area contributed by atoms with E-state index in [9.17, 15) is 49.5 Å². The van der Waals surface area contributed by atoms with E-state index in [2.05, 4.69) is 68.9 Å². The van der Waals surface area contributed by atoms with Crippen molar-refractivity contribution in [2.75, 3.05) is 63.0 Å². The fourth-order valence-electron chi connectivity index (χ4n) is 17.0. The van der Waals surface area contributed by atoms with E-state index in [4.69, 9.17) is 20.7 Å². The van der Waals surface area contributed by atoms with Gasteiger partial charge < -0.3 is 31.7 Å². The molecule has 5 amide bonds. The molecule has 0 bridgehead atoms. The molecule has 672 valence electrons. The van der Waals surface area contributed by atoms with Gasteiger partial charge in [-0.2, -0.15) is 20.4 Å². The van der Waals surface area contributed by atoms with E-state index >= 15 is 0 Å². The molecule has 14 aromatic rings. The highest BCUT2D eigenvalue weighted by Gasteiger charge is 2.39. The van der Waals surface area contributed by atoms with E-state index in [-0.39, 0.29) is 66.9 Å². The van der Waals surface area contributed by atoms with Crippen molar-refractivity contribution in [3.63, 3.8) is 0 Å². The Kier molecular flexibility index (Phi) is 30.6. The smallest absolute Gasteiger partial charge is 0.407 e. The number of halogens is 9. The SMILES string of the molecule is Cc1c(-c2cnn(C)c2)nn(-c2ccccc2)c1NC(=O)N[C@@H]1CN(Cc2ccccc2)C[C@H]1c1ccc(F)c(F)c1.Cc1c(-c2cnn(C)c2)nn(-c2ccccc2)c1NC(=O)N[C@@H]1CNC[C@H]1c1ccc(F)c(F)c1.Cl.N[C@@H]1CN(Cc2ccccc2)C[C@H]1c1ccc(F)c(F)c1.O=C(N[C@@H]1CN(Cc2ccccc2)C[C@H]1c1ccc(F)c(F)c1)OCc1ccccc1. The van der Waals surface area contributed by atoms with Gasteiger partial charge in [0.15, 0.2) is 46.5 Å². The minimum atomic E-state index is -0.900. The van der Waals surface area contributed by atoms with Crippen LogP contribution < -0.4 is 37.6 Å². The van der Waals surface area contributed by atoms with Crippen LogP contribution in [-0.2, 0) is 45.1 Å². The van der Waals surface area contributed by atoms with Crippen molar-refractivity contribution in [3.8, 4) is 33.9 Å². The molecule has 18 rings (SSSR count). The lowest BCUT2D eigenvalue weighted by Crippen LogP contribution is -2.42. The van der Waals surface area contributed by atoms with Gasteiger partial charge in [-0.25, -0.2) is 58.9 Å². The number of carbonyl (C=O) groups is 3. The number of ether oxygens (including phenoxy) is 1. The zero-order valence-corrected chi connectivity index (χ0v) is 72.5. The number of anilines is 2. The Labute approximate surface area is 753 Å². The van der Waals surface area contributed by atoms with Crippen molar-refractivity contribution in [1.82, 2.24) is 75.1 Å². The van der Waals surface area contributed by atoms with Crippen LogP contribution in [0.5, 0.6) is 0 Å². The first kappa shape index (κ1) is 92.6. The normalized spacial score (nSPS) is 18.3. The van der Waals surface area contributed by atoms with Crippen LogP contribution in [0, 0.1) is 60.4 Å². The van der Waals surface area contributed by atoms with Gasteiger partial charge in [-0.05, 0) is 131 Å². The standard InChI is InChI=1S/C32H31F2N7O.C25H25F2N7O.C25H24F2N2O2.C17H18F2N2.ClH/c1-21-30(24-16-35-39(2)18-24)38-41(25-11-7-4-8-12-25)31(21)37-32(42)36-29-20-40(17-22-9-5-3-6-10-22)19-26(29)23-13-14-27(33)28(34)15-23;1-15-23(17-11-29-33(2)14-17)32-34(18-6-4-3-5-7-18)24(15)31-25(35)30-22-13-28-12-19(22)16-8-9-20(26)21(27)10-16;26-22-12-11-20(13-23(22)27)21-15-29(14-18-7-3-1-4-8-18)16-24(21)28-25(30)31-17-19-9-5-2-6-10-19;18-15-7-6-13(8-16(15)19)14-10-21(11-17(14)20)9-12-4-2-1-3-5-12;/h3-16,18,26,29H,17,19-20H2,1-2H3,(H2,36,37,42);3-11,14,19,22,28H,12-13H2,1-2H3,(H2,30,31,35);1-13,21,24H,14-17H2,(H,28,30);1-8,14,17H,9-11,20H2;1H/t26-,29+;19-,22+;21-,24+;14-,17+;/m0000./s1. The lowest BCUT2D eigenvalue weighted by molar-refractivity contribution is 0.135. The number of hydrogen-bond acceptors (Lipinski definition) is 13. The Morgan fingerprint density at radius 3 is 1.12 bits per heavy atom. The van der Waals surface area contributed by atoms with E-state index in [1.54, 1.807) is 55.4 Å². The number of nitrogens with one attached hydrogen (secondary N) is 6. The van der Waals surface area contributed by atoms with E-state index in [0.29, 0.717) is 92.1 Å². The van der Waals surface area contributed by atoms with Crippen LogP contribution in [0.3, 0.4) is 0 Å². The third kappa shape index (κ3) is 23.3. The summed E-state index contributed by atoms with van der Waals surface area (Å²) in [6.07, 6.45) is 6.68. The summed E-state index contributed by atoms with van der Waals surface area (Å²) >= 11 is 0. The molecule has 0 aliphatic carbocycles. The maximum absolute atomic E-state index is 14.2. The summed E-state index contributed by atoms with van der Waals surface area (Å²) in [5.74, 6) is -6.47. The summed E-state index contributed by atoms with van der Waals surface area (Å²) < 4.78 is 121. The number of likely N-dealkylation sites (tertiary alicyclic amines) is 3. The van der Waals surface area contributed by atoms with Gasteiger partial charge in [0, 0.05) is 150 Å². The molecule has 130 heavy (non-hydrogen) atoms. The van der Waals surface area contributed by atoms with Gasteiger partial charge in [-0.3, -0.25) is 34.7 Å². The first-order chi connectivity index (χ1) is 62.5. The molecule has 8 N–H and O–H groups in total. The largest absolute Gasteiger partial charge is 0.445 e. The number of aryl methyl sites for hydroxylation is 2. The van der Waals surface area contributed by atoms with Gasteiger partial charge in [-0.15, -0.1) is 12.4 Å². The molecule has 0 radical (unpaired) electrons. The fraction of sp³-hybridized carbons (Fsp3) is 0.242. The molecule has 10 aromatic carbocycles. The van der Waals surface area contributed by atoms with Crippen molar-refractivity contribution >= 4 is 42.2 Å². The summed E-state index contributed by atoms with van der Waals surface area (Å²) in [6.45, 7) is 11.1. The zero-order chi connectivity index (χ0) is 90.2. The molecular formula is C99H99ClF8N18O4. The molecular weight excluding hydrogens is 1690 g/mol. The molecule has 4 aliphatic heterocycles. The summed E-state index contributed by atoms with van der Waals surface area (Å²) in [7, 11) is 3.67. The van der Waals surface area contributed by atoms with Crippen LogP contribution >= 0.6 is 12.4 Å². The van der Waals surface area contributed by atoms with Crippen LogP contribution in [0.4, 0.5) is 61.1 Å². The van der Waals surface area contributed by atoms with E-state index < -0.39 is 64.7 Å². The highest BCUT2D eigenvalue weighted by molar-refractivity contribution is 5.92. The van der Waals surface area contributed by atoms with Gasteiger partial charge in [-0.1, -0.05) is 182 Å². The quantitative estimate of drug-likeness (QED) is 0.0332. The average Bonchev–Trinajstić information content (AvgIpc) is 1.63. The predicted molar refractivity (Wildman–Crippen MR) is 486 cm³/mol. The number of para-hydroxylation sites is 2. The summed E-state index contributed by atoms with van der Waals surface area (Å²) in [4.78, 5) is 45.8. The van der Waals surface area contributed by atoms with Gasteiger partial charge >= 0.3 is 18.2 Å². The third-order valence-electron chi connectivity index (χ3n) is 23.5. The minimum absolute atomic E-state index is 0. The van der Waals surface area contributed by atoms with Crippen LogP contribution in [-0.4, -0.2) is 149 Å². The monoisotopic (exact) mass is 1790 g/mol. The second-order valence-corrected chi connectivity index (χ2v) is 32.6. The van der Waals surface area contributed by atoms with Crippen molar-refractivity contribution in [3.05, 3.63) is 382 Å². The Balaban J connectivity index is 0.000000143. The highest BCUT2D eigenvalue weighted by atomic mass is 35.5. The Hall–Kier alpha value is -13.6. The molecule has 4 aliphatic rings. The molecule has 4 saturated heterocycles. The number of alkyl carbamates (subject to hydrolysis) is 1. The summed E-state index contributed by atoms with van der Waals surface area (Å²) in [5, 5.41) is 36.3. The number of aromatic nitrogens is 8. The van der Waals surface area contributed by atoms with Crippen molar-refractivity contribution in [2.45, 2.75) is 87.9 Å². The maximum Gasteiger partial charge on any atom is 0.407 e. The van der Waals surface area contributed by atoms with Crippen molar-refractivity contribution < 1.29 is 54.2 Å². The summed E-state index contributed by atoms with van der Waals surface area (Å²) in [5.41, 5.74) is 19.5. The van der Waals surface area contributed by atoms with Gasteiger partial charge in [0.05, 0.1) is 41.9 Å².